The second-order valence-corrected chi connectivity index (χ2v) is 5.03. The number of carbonyl (C=O) groups is 1. The average Bonchev–Trinajstić information content (AvgIpc) is 2.44. The number of carbonyl (C=O) groups excluding carboxylic acids is 1. The molecule has 0 atom stereocenters. The molecule has 1 amide bonds. The summed E-state index contributed by atoms with van der Waals surface area (Å²) in [5.74, 6) is 0.0266. The van der Waals surface area contributed by atoms with Crippen LogP contribution in [-0.4, -0.2) is 42.2 Å². The molecule has 4 nitrogen and oxygen atoms in total. The summed E-state index contributed by atoms with van der Waals surface area (Å²) in [7, 11) is 0. The van der Waals surface area contributed by atoms with Gasteiger partial charge < -0.3 is 15.3 Å². The Bertz CT molecular complexity index is 407. The van der Waals surface area contributed by atoms with E-state index in [9.17, 15) is 4.79 Å². The molecule has 0 saturated carbocycles. The first kappa shape index (κ1) is 16.7. The fourth-order valence-corrected chi connectivity index (χ4v) is 2.04. The standard InChI is InChI=1S/C16H26N2O2/c1-3-4-10-18(12-13-19)11-9-16(20)17-15-8-6-5-7-14(15)2/h5-8,19H,3-4,9-13H2,1-2H3,(H,17,20). The van der Waals surface area contributed by atoms with Crippen molar-refractivity contribution in [2.45, 2.75) is 33.1 Å². The van der Waals surface area contributed by atoms with E-state index in [0.717, 1.165) is 30.6 Å². The predicted molar refractivity (Wildman–Crippen MR) is 82.9 cm³/mol. The van der Waals surface area contributed by atoms with Crippen LogP contribution < -0.4 is 5.32 Å². The molecule has 0 aromatic heterocycles. The van der Waals surface area contributed by atoms with Gasteiger partial charge in [-0.25, -0.2) is 0 Å². The third kappa shape index (κ3) is 6.17. The van der Waals surface area contributed by atoms with Crippen molar-refractivity contribution in [2.75, 3.05) is 31.6 Å². The number of rotatable bonds is 9. The quantitative estimate of drug-likeness (QED) is 0.729. The minimum atomic E-state index is 0.0266. The van der Waals surface area contributed by atoms with Gasteiger partial charge in [-0.1, -0.05) is 31.5 Å². The molecule has 1 rings (SSSR count). The lowest BCUT2D eigenvalue weighted by Crippen LogP contribution is -2.31. The van der Waals surface area contributed by atoms with E-state index in [4.69, 9.17) is 5.11 Å². The van der Waals surface area contributed by atoms with Gasteiger partial charge in [0, 0.05) is 25.2 Å². The van der Waals surface area contributed by atoms with Crippen LogP contribution in [0.2, 0.25) is 0 Å². The molecule has 1 aromatic rings. The van der Waals surface area contributed by atoms with Gasteiger partial charge in [0.15, 0.2) is 0 Å². The number of anilines is 1. The molecule has 0 fully saturated rings. The zero-order chi connectivity index (χ0) is 14.8. The number of hydrogen-bond donors (Lipinski definition) is 2. The van der Waals surface area contributed by atoms with E-state index in [-0.39, 0.29) is 12.5 Å². The summed E-state index contributed by atoms with van der Waals surface area (Å²) in [5.41, 5.74) is 1.94. The van der Waals surface area contributed by atoms with Crippen molar-refractivity contribution < 1.29 is 9.90 Å². The molecule has 0 spiro atoms. The van der Waals surface area contributed by atoms with Crippen molar-refractivity contribution in [2.24, 2.45) is 0 Å². The lowest BCUT2D eigenvalue weighted by molar-refractivity contribution is -0.116. The van der Waals surface area contributed by atoms with Crippen LogP contribution in [0.3, 0.4) is 0 Å². The number of nitrogens with one attached hydrogen (secondary N) is 1. The van der Waals surface area contributed by atoms with E-state index in [1.165, 1.54) is 0 Å². The van der Waals surface area contributed by atoms with Gasteiger partial charge in [0.05, 0.1) is 6.61 Å². The number of nitrogens with zero attached hydrogens (tertiary/aromatic N) is 1. The number of aryl methyl sites for hydroxylation is 1. The van der Waals surface area contributed by atoms with E-state index in [0.29, 0.717) is 19.5 Å². The monoisotopic (exact) mass is 278 g/mol. The lowest BCUT2D eigenvalue weighted by Gasteiger charge is -2.20. The predicted octanol–water partition coefficient (Wildman–Crippen LogP) is 2.42. The fourth-order valence-electron chi connectivity index (χ4n) is 2.04. The first-order valence-corrected chi connectivity index (χ1v) is 7.36. The number of benzene rings is 1. The molecular weight excluding hydrogens is 252 g/mol. The molecule has 20 heavy (non-hydrogen) atoms. The molecule has 0 aliphatic carbocycles. The van der Waals surface area contributed by atoms with Crippen LogP contribution in [-0.2, 0) is 4.79 Å². The van der Waals surface area contributed by atoms with Gasteiger partial charge in [-0.3, -0.25) is 4.79 Å². The zero-order valence-corrected chi connectivity index (χ0v) is 12.6. The van der Waals surface area contributed by atoms with Gasteiger partial charge in [-0.15, -0.1) is 0 Å². The molecule has 0 aliphatic rings. The topological polar surface area (TPSA) is 52.6 Å². The SMILES string of the molecule is CCCCN(CCO)CCC(=O)Nc1ccccc1C. The maximum absolute atomic E-state index is 11.9. The molecule has 0 unspecified atom stereocenters. The normalized spacial score (nSPS) is 10.8. The first-order valence-electron chi connectivity index (χ1n) is 7.36. The van der Waals surface area contributed by atoms with Crippen molar-refractivity contribution in [1.82, 2.24) is 4.90 Å². The van der Waals surface area contributed by atoms with Gasteiger partial charge >= 0.3 is 0 Å². The number of unbranched alkanes of at least 4 members (excludes halogenated alkanes) is 1. The van der Waals surface area contributed by atoms with Gasteiger partial charge in [0.2, 0.25) is 5.91 Å². The highest BCUT2D eigenvalue weighted by Crippen LogP contribution is 2.13. The van der Waals surface area contributed by atoms with Crippen LogP contribution in [0.5, 0.6) is 0 Å². The lowest BCUT2D eigenvalue weighted by atomic mass is 10.2. The summed E-state index contributed by atoms with van der Waals surface area (Å²) >= 11 is 0. The molecule has 1 aromatic carbocycles. The van der Waals surface area contributed by atoms with Gasteiger partial charge in [-0.05, 0) is 31.5 Å². The molecule has 2 N–H and O–H groups in total. The van der Waals surface area contributed by atoms with Crippen LogP contribution in [0.4, 0.5) is 5.69 Å². The highest BCUT2D eigenvalue weighted by Gasteiger charge is 2.08. The van der Waals surface area contributed by atoms with E-state index < -0.39 is 0 Å². The van der Waals surface area contributed by atoms with Crippen LogP contribution in [0.25, 0.3) is 0 Å². The molecular formula is C16H26N2O2. The van der Waals surface area contributed by atoms with Crippen molar-refractivity contribution in [3.8, 4) is 0 Å². The Hall–Kier alpha value is -1.39. The van der Waals surface area contributed by atoms with E-state index in [1.807, 2.05) is 31.2 Å². The van der Waals surface area contributed by atoms with Crippen molar-refractivity contribution >= 4 is 11.6 Å². The van der Waals surface area contributed by atoms with Crippen LogP contribution in [0.15, 0.2) is 24.3 Å². The van der Waals surface area contributed by atoms with E-state index in [1.54, 1.807) is 0 Å². The van der Waals surface area contributed by atoms with Crippen LogP contribution >= 0.6 is 0 Å². The third-order valence-electron chi connectivity index (χ3n) is 3.32. The number of para-hydroxylation sites is 1. The second kappa shape index (κ2) is 9.50. The summed E-state index contributed by atoms with van der Waals surface area (Å²) in [6.07, 6.45) is 2.68. The Morgan fingerprint density at radius 3 is 2.65 bits per heavy atom. The number of aliphatic hydroxyl groups excluding tert-OH is 1. The molecule has 0 heterocycles. The first-order chi connectivity index (χ1) is 9.67. The Morgan fingerprint density at radius 2 is 2.00 bits per heavy atom. The molecule has 4 heteroatoms. The number of amides is 1. The largest absolute Gasteiger partial charge is 0.395 e. The summed E-state index contributed by atoms with van der Waals surface area (Å²) in [6, 6.07) is 7.77. The third-order valence-corrected chi connectivity index (χ3v) is 3.32. The second-order valence-electron chi connectivity index (χ2n) is 5.03. The molecule has 0 saturated heterocycles. The Morgan fingerprint density at radius 1 is 1.25 bits per heavy atom. The zero-order valence-electron chi connectivity index (χ0n) is 12.6. The summed E-state index contributed by atoms with van der Waals surface area (Å²) in [4.78, 5) is 14.1. The minimum absolute atomic E-state index is 0.0266. The molecule has 0 aliphatic heterocycles. The number of aliphatic hydroxyl groups is 1. The average molecular weight is 278 g/mol. The van der Waals surface area contributed by atoms with Gasteiger partial charge in [0.25, 0.3) is 0 Å². The van der Waals surface area contributed by atoms with Crippen molar-refractivity contribution in [3.05, 3.63) is 29.8 Å². The van der Waals surface area contributed by atoms with Gasteiger partial charge in [-0.2, -0.15) is 0 Å². The summed E-state index contributed by atoms with van der Waals surface area (Å²) < 4.78 is 0. The van der Waals surface area contributed by atoms with Gasteiger partial charge in [0.1, 0.15) is 0 Å². The number of hydrogen-bond acceptors (Lipinski definition) is 3. The maximum Gasteiger partial charge on any atom is 0.225 e. The Kier molecular flexibility index (Phi) is 7.92. The van der Waals surface area contributed by atoms with E-state index in [2.05, 4.69) is 17.1 Å². The smallest absolute Gasteiger partial charge is 0.225 e. The Balaban J connectivity index is 2.39. The fraction of sp³-hybridized carbons (Fsp3) is 0.562. The summed E-state index contributed by atoms with van der Waals surface area (Å²) in [5, 5.41) is 12.0. The minimum Gasteiger partial charge on any atom is -0.395 e. The molecule has 0 radical (unpaired) electrons. The Labute approximate surface area is 121 Å². The summed E-state index contributed by atoms with van der Waals surface area (Å²) in [6.45, 7) is 6.53. The van der Waals surface area contributed by atoms with Crippen LogP contribution in [0.1, 0.15) is 31.7 Å². The van der Waals surface area contributed by atoms with Crippen molar-refractivity contribution in [3.63, 3.8) is 0 Å². The highest BCUT2D eigenvalue weighted by molar-refractivity contribution is 5.91. The van der Waals surface area contributed by atoms with Crippen LogP contribution in [0, 0.1) is 6.92 Å². The van der Waals surface area contributed by atoms with E-state index >= 15 is 0 Å². The van der Waals surface area contributed by atoms with Crippen molar-refractivity contribution in [1.29, 1.82) is 0 Å². The molecule has 112 valence electrons. The maximum atomic E-state index is 11.9. The molecule has 0 bridgehead atoms. The highest BCUT2D eigenvalue weighted by atomic mass is 16.3.